The normalized spacial score (nSPS) is 16.0. The molecule has 0 fully saturated rings. The van der Waals surface area contributed by atoms with Gasteiger partial charge in [-0.05, 0) is 73.4 Å². The largest absolute Gasteiger partial charge is 0.493 e. The summed E-state index contributed by atoms with van der Waals surface area (Å²) in [5.41, 5.74) is 2.82. The second kappa shape index (κ2) is 10.4. The van der Waals surface area contributed by atoms with Crippen molar-refractivity contribution in [2.75, 3.05) is 6.61 Å². The summed E-state index contributed by atoms with van der Waals surface area (Å²) in [6.45, 7) is 9.70. The molecule has 1 aliphatic carbocycles. The van der Waals surface area contributed by atoms with Gasteiger partial charge in [-0.25, -0.2) is 4.99 Å². The Labute approximate surface area is 210 Å². The van der Waals surface area contributed by atoms with Crippen molar-refractivity contribution in [3.8, 4) is 5.75 Å². The average molecular weight is 499 g/mol. The number of ether oxygens (including phenoxy) is 1. The topological polar surface area (TPSA) is 63.8 Å². The minimum atomic E-state index is -0.119. The second-order valence-electron chi connectivity index (χ2n) is 9.63. The highest BCUT2D eigenvalue weighted by Crippen LogP contribution is 2.45. The maximum atomic E-state index is 13.3. The quantitative estimate of drug-likeness (QED) is 0.349. The molecule has 0 unspecified atom stereocenters. The van der Waals surface area contributed by atoms with Crippen LogP contribution in [0.15, 0.2) is 46.0 Å². The van der Waals surface area contributed by atoms with Gasteiger partial charge in [-0.2, -0.15) is 0 Å². The first kappa shape index (κ1) is 24.6. The van der Waals surface area contributed by atoms with Gasteiger partial charge < -0.3 is 14.5 Å². The number of nitrogens with zero attached hydrogens (tertiary/aromatic N) is 1. The van der Waals surface area contributed by atoms with Gasteiger partial charge in [0.2, 0.25) is 0 Å². The third kappa shape index (κ3) is 5.56. The van der Waals surface area contributed by atoms with Crippen molar-refractivity contribution < 1.29 is 13.9 Å². The molecule has 1 aromatic carbocycles. The second-order valence-corrected chi connectivity index (χ2v) is 11.1. The van der Waals surface area contributed by atoms with Gasteiger partial charge in [-0.15, -0.1) is 11.3 Å². The SMILES string of the molecule is CCOc1ccc(Cl)cc1C=Nc1sc2c(c1C(=O)NCc1ccco1)CC[C@@H](C(C)(C)C)C2. The van der Waals surface area contributed by atoms with Crippen molar-refractivity contribution in [1.29, 1.82) is 0 Å². The number of benzene rings is 1. The van der Waals surface area contributed by atoms with E-state index >= 15 is 0 Å². The van der Waals surface area contributed by atoms with E-state index in [-0.39, 0.29) is 11.3 Å². The van der Waals surface area contributed by atoms with Crippen LogP contribution in [0.3, 0.4) is 0 Å². The van der Waals surface area contributed by atoms with Crippen LogP contribution in [-0.4, -0.2) is 18.7 Å². The lowest BCUT2D eigenvalue weighted by atomic mass is 9.72. The number of furan rings is 1. The van der Waals surface area contributed by atoms with E-state index in [1.807, 2.05) is 31.2 Å². The number of thiophene rings is 1. The Hall–Kier alpha value is -2.57. The average Bonchev–Trinajstić information content (AvgIpc) is 3.44. The number of hydrogen-bond acceptors (Lipinski definition) is 5. The number of halogens is 1. The Bertz CT molecular complexity index is 1180. The summed E-state index contributed by atoms with van der Waals surface area (Å²) in [5, 5.41) is 4.34. The van der Waals surface area contributed by atoms with Crippen LogP contribution in [0.2, 0.25) is 5.02 Å². The zero-order valence-electron chi connectivity index (χ0n) is 20.1. The highest BCUT2D eigenvalue weighted by Gasteiger charge is 2.33. The van der Waals surface area contributed by atoms with Crippen LogP contribution in [0.25, 0.3) is 0 Å². The lowest BCUT2D eigenvalue weighted by Gasteiger charge is -2.33. The highest BCUT2D eigenvalue weighted by molar-refractivity contribution is 7.16. The van der Waals surface area contributed by atoms with Gasteiger partial charge in [-0.3, -0.25) is 4.79 Å². The number of rotatable bonds is 7. The Morgan fingerprint density at radius 1 is 1.35 bits per heavy atom. The summed E-state index contributed by atoms with van der Waals surface area (Å²) in [7, 11) is 0. The van der Waals surface area contributed by atoms with Crippen LogP contribution in [-0.2, 0) is 19.4 Å². The van der Waals surface area contributed by atoms with E-state index in [2.05, 4.69) is 26.1 Å². The fourth-order valence-corrected chi connectivity index (χ4v) is 5.79. The van der Waals surface area contributed by atoms with Gasteiger partial charge in [0.05, 0.1) is 25.0 Å². The number of fused-ring (bicyclic) bond motifs is 1. The maximum absolute atomic E-state index is 13.3. The number of aliphatic imine (C=N–C) groups is 1. The van der Waals surface area contributed by atoms with Crippen molar-refractivity contribution in [3.05, 3.63) is 68.9 Å². The van der Waals surface area contributed by atoms with Crippen molar-refractivity contribution in [3.63, 3.8) is 0 Å². The molecule has 34 heavy (non-hydrogen) atoms. The van der Waals surface area contributed by atoms with E-state index < -0.39 is 0 Å². The first-order valence-corrected chi connectivity index (χ1v) is 12.9. The fourth-order valence-electron chi connectivity index (χ4n) is 4.34. The minimum Gasteiger partial charge on any atom is -0.493 e. The Morgan fingerprint density at radius 3 is 2.88 bits per heavy atom. The van der Waals surface area contributed by atoms with Gasteiger partial charge in [0.1, 0.15) is 16.5 Å². The van der Waals surface area contributed by atoms with E-state index in [9.17, 15) is 4.79 Å². The highest BCUT2D eigenvalue weighted by atomic mass is 35.5. The summed E-state index contributed by atoms with van der Waals surface area (Å²) in [6, 6.07) is 9.14. The predicted octanol–water partition coefficient (Wildman–Crippen LogP) is 7.22. The molecule has 7 heteroatoms. The standard InChI is InChI=1S/C27H31ClN2O3S/c1-5-32-22-11-9-19(28)13-17(22)15-30-26-24(25(31)29-16-20-7-6-12-33-20)21-10-8-18(27(2,3)4)14-23(21)34-26/h6-7,9,11-13,15,18H,5,8,10,14,16H2,1-4H3,(H,29,31)/t18-/m1/s1. The first-order chi connectivity index (χ1) is 16.3. The molecule has 2 aromatic heterocycles. The number of hydrogen-bond donors (Lipinski definition) is 1. The van der Waals surface area contributed by atoms with Crippen molar-refractivity contribution in [2.24, 2.45) is 16.3 Å². The zero-order valence-corrected chi connectivity index (χ0v) is 21.7. The Kier molecular flexibility index (Phi) is 7.48. The summed E-state index contributed by atoms with van der Waals surface area (Å²) in [4.78, 5) is 19.4. The summed E-state index contributed by atoms with van der Waals surface area (Å²) in [6.07, 6.45) is 6.28. The zero-order chi connectivity index (χ0) is 24.3. The molecular weight excluding hydrogens is 468 g/mol. The lowest BCUT2D eigenvalue weighted by molar-refractivity contribution is 0.0947. The van der Waals surface area contributed by atoms with E-state index in [0.717, 1.165) is 41.2 Å². The lowest BCUT2D eigenvalue weighted by Crippen LogP contribution is -2.28. The van der Waals surface area contributed by atoms with Crippen LogP contribution < -0.4 is 10.1 Å². The Morgan fingerprint density at radius 2 is 2.18 bits per heavy atom. The molecule has 4 rings (SSSR count). The summed E-state index contributed by atoms with van der Waals surface area (Å²) >= 11 is 7.84. The monoisotopic (exact) mass is 498 g/mol. The molecule has 0 saturated heterocycles. The molecule has 0 aliphatic heterocycles. The van der Waals surface area contributed by atoms with Gasteiger partial charge in [0.15, 0.2) is 0 Å². The van der Waals surface area contributed by atoms with Crippen LogP contribution in [0.1, 0.15) is 66.2 Å². The minimum absolute atomic E-state index is 0.119. The van der Waals surface area contributed by atoms with Crippen molar-refractivity contribution in [1.82, 2.24) is 5.32 Å². The Balaban J connectivity index is 1.68. The van der Waals surface area contributed by atoms with Gasteiger partial charge in [0.25, 0.3) is 5.91 Å². The third-order valence-corrected chi connectivity index (χ3v) is 7.69. The van der Waals surface area contributed by atoms with E-state index in [1.54, 1.807) is 29.9 Å². The molecule has 2 heterocycles. The van der Waals surface area contributed by atoms with Crippen LogP contribution >= 0.6 is 22.9 Å². The van der Waals surface area contributed by atoms with Crippen LogP contribution in [0.4, 0.5) is 5.00 Å². The molecule has 5 nitrogen and oxygen atoms in total. The van der Waals surface area contributed by atoms with E-state index in [1.165, 1.54) is 4.88 Å². The number of carbonyl (C=O) groups is 1. The molecule has 0 saturated carbocycles. The van der Waals surface area contributed by atoms with Crippen LogP contribution in [0, 0.1) is 11.3 Å². The first-order valence-electron chi connectivity index (χ1n) is 11.7. The molecule has 1 N–H and O–H groups in total. The molecule has 0 spiro atoms. The number of carbonyl (C=O) groups excluding carboxylic acids is 1. The van der Waals surface area contributed by atoms with Crippen molar-refractivity contribution >= 4 is 40.1 Å². The van der Waals surface area contributed by atoms with Gasteiger partial charge >= 0.3 is 0 Å². The predicted molar refractivity (Wildman–Crippen MR) is 139 cm³/mol. The molecule has 1 aliphatic rings. The number of nitrogens with one attached hydrogen (secondary N) is 1. The van der Waals surface area contributed by atoms with Crippen LogP contribution in [0.5, 0.6) is 5.75 Å². The van der Waals surface area contributed by atoms with E-state index in [4.69, 9.17) is 25.7 Å². The summed E-state index contributed by atoms with van der Waals surface area (Å²) in [5.74, 6) is 1.89. The van der Waals surface area contributed by atoms with Crippen molar-refractivity contribution in [2.45, 2.75) is 53.5 Å². The molecule has 1 atom stereocenters. The molecule has 3 aromatic rings. The molecule has 180 valence electrons. The number of amides is 1. The molecular formula is C27H31ClN2O3S. The van der Waals surface area contributed by atoms with Gasteiger partial charge in [-0.1, -0.05) is 32.4 Å². The summed E-state index contributed by atoms with van der Waals surface area (Å²) < 4.78 is 11.1. The smallest absolute Gasteiger partial charge is 0.255 e. The van der Waals surface area contributed by atoms with E-state index in [0.29, 0.717) is 35.4 Å². The third-order valence-electron chi connectivity index (χ3n) is 6.29. The molecule has 1 amide bonds. The molecule has 0 radical (unpaired) electrons. The maximum Gasteiger partial charge on any atom is 0.255 e. The fraction of sp³-hybridized carbons (Fsp3) is 0.407. The van der Waals surface area contributed by atoms with Gasteiger partial charge in [0, 0.05) is 21.7 Å². The molecule has 0 bridgehead atoms.